The summed E-state index contributed by atoms with van der Waals surface area (Å²) in [5.74, 6) is -0.507. The van der Waals surface area contributed by atoms with Gasteiger partial charge in [-0.25, -0.2) is 0 Å². The van der Waals surface area contributed by atoms with Crippen LogP contribution in [0, 0.1) is 0 Å². The van der Waals surface area contributed by atoms with Gasteiger partial charge in [0.15, 0.2) is 0 Å². The molecule has 0 saturated heterocycles. The second kappa shape index (κ2) is 35.7. The summed E-state index contributed by atoms with van der Waals surface area (Å²) in [6.45, 7) is 4.95. The van der Waals surface area contributed by atoms with E-state index in [1.807, 2.05) is 19.0 Å². The number of rotatable bonds is 36. The Hall–Kier alpha value is -1.10. The fourth-order valence-corrected chi connectivity index (χ4v) is 6.09. The van der Waals surface area contributed by atoms with Crippen molar-refractivity contribution >= 4 is 11.9 Å². The van der Waals surface area contributed by atoms with Gasteiger partial charge in [-0.3, -0.25) is 9.59 Å². The van der Waals surface area contributed by atoms with E-state index in [4.69, 9.17) is 9.47 Å². The number of likely N-dealkylation sites (N-methyl/N-ethyl adjacent to an activating group) is 1. The quantitative estimate of drug-likeness (QED) is 0.0388. The van der Waals surface area contributed by atoms with Crippen molar-refractivity contribution in [1.29, 1.82) is 0 Å². The van der Waals surface area contributed by atoms with Gasteiger partial charge in [-0.2, -0.15) is 0 Å². The molecule has 0 radical (unpaired) electrons. The molecule has 5 nitrogen and oxygen atoms in total. The number of esters is 2. The topological polar surface area (TPSA) is 55.8 Å². The molecule has 0 rings (SSSR count). The molecular formula is C40H79NO4. The summed E-state index contributed by atoms with van der Waals surface area (Å²) in [6.07, 6.45) is 39.1. The standard InChI is InChI=1S/C40H79NO4/c1-5-7-9-11-13-15-17-19-21-23-25-27-29-31-33-35-38(42)44-40(37-41(3)4)45-39(43)36-34-32-30-28-26-24-22-20-18-16-14-12-10-8-6-2/h40H,5-37H2,1-4H3. The minimum Gasteiger partial charge on any atom is -0.424 e. The number of nitrogens with zero attached hydrogens (tertiary/aromatic N) is 1. The van der Waals surface area contributed by atoms with E-state index < -0.39 is 6.29 Å². The molecule has 0 aromatic rings. The maximum absolute atomic E-state index is 12.4. The molecule has 0 fully saturated rings. The first-order valence-corrected chi connectivity index (χ1v) is 20.0. The fourth-order valence-electron chi connectivity index (χ4n) is 6.09. The van der Waals surface area contributed by atoms with Crippen LogP contribution in [0.25, 0.3) is 0 Å². The average Bonchev–Trinajstić information content (AvgIpc) is 3.00. The van der Waals surface area contributed by atoms with E-state index in [0.29, 0.717) is 19.4 Å². The smallest absolute Gasteiger partial charge is 0.308 e. The molecule has 0 saturated carbocycles. The minimum atomic E-state index is -0.812. The third kappa shape index (κ3) is 35.6. The molecule has 0 unspecified atom stereocenters. The van der Waals surface area contributed by atoms with Gasteiger partial charge in [0.05, 0.1) is 6.54 Å². The lowest BCUT2D eigenvalue weighted by Gasteiger charge is -2.21. The van der Waals surface area contributed by atoms with Crippen molar-refractivity contribution in [3.05, 3.63) is 0 Å². The maximum atomic E-state index is 12.4. The third-order valence-corrected chi connectivity index (χ3v) is 9.01. The second-order valence-electron chi connectivity index (χ2n) is 14.1. The van der Waals surface area contributed by atoms with Crippen molar-refractivity contribution in [2.45, 2.75) is 226 Å². The Balaban J connectivity index is 3.71. The Morgan fingerprint density at radius 1 is 0.400 bits per heavy atom. The van der Waals surface area contributed by atoms with Crippen LogP contribution in [0.5, 0.6) is 0 Å². The molecule has 45 heavy (non-hydrogen) atoms. The van der Waals surface area contributed by atoms with Gasteiger partial charge in [0, 0.05) is 12.8 Å². The Morgan fingerprint density at radius 2 is 0.622 bits per heavy atom. The van der Waals surface area contributed by atoms with Crippen molar-refractivity contribution in [3.8, 4) is 0 Å². The van der Waals surface area contributed by atoms with Crippen LogP contribution in [0.2, 0.25) is 0 Å². The van der Waals surface area contributed by atoms with Gasteiger partial charge in [0.2, 0.25) is 0 Å². The highest BCUT2D eigenvalue weighted by Gasteiger charge is 2.19. The first-order valence-electron chi connectivity index (χ1n) is 20.0. The first kappa shape index (κ1) is 43.9. The second-order valence-corrected chi connectivity index (χ2v) is 14.1. The zero-order chi connectivity index (χ0) is 33.1. The van der Waals surface area contributed by atoms with Crippen molar-refractivity contribution in [3.63, 3.8) is 0 Å². The molecule has 0 aliphatic heterocycles. The number of unbranched alkanes of at least 4 members (excludes halogenated alkanes) is 28. The zero-order valence-electron chi connectivity index (χ0n) is 31.0. The minimum absolute atomic E-state index is 0.253. The zero-order valence-corrected chi connectivity index (χ0v) is 31.0. The summed E-state index contributed by atoms with van der Waals surface area (Å²) in [4.78, 5) is 26.7. The van der Waals surface area contributed by atoms with Crippen LogP contribution in [0.3, 0.4) is 0 Å². The molecule has 268 valence electrons. The summed E-state index contributed by atoms with van der Waals surface area (Å²) in [5.41, 5.74) is 0. The average molecular weight is 638 g/mol. The van der Waals surface area contributed by atoms with Gasteiger partial charge in [0.25, 0.3) is 6.29 Å². The van der Waals surface area contributed by atoms with E-state index in [0.717, 1.165) is 25.7 Å². The molecule has 0 atom stereocenters. The summed E-state index contributed by atoms with van der Waals surface area (Å²) in [6, 6.07) is 0. The highest BCUT2D eigenvalue weighted by atomic mass is 16.7. The molecule has 0 aromatic carbocycles. The lowest BCUT2D eigenvalue weighted by molar-refractivity contribution is -0.190. The molecule has 0 spiro atoms. The van der Waals surface area contributed by atoms with E-state index in [9.17, 15) is 9.59 Å². The summed E-state index contributed by atoms with van der Waals surface area (Å²) in [7, 11) is 3.80. The molecule has 0 bridgehead atoms. The van der Waals surface area contributed by atoms with E-state index in [2.05, 4.69) is 13.8 Å². The van der Waals surface area contributed by atoms with Gasteiger partial charge < -0.3 is 14.4 Å². The Morgan fingerprint density at radius 3 is 0.844 bits per heavy atom. The normalized spacial score (nSPS) is 11.5. The number of ether oxygens (including phenoxy) is 2. The van der Waals surface area contributed by atoms with Crippen LogP contribution in [0.15, 0.2) is 0 Å². The van der Waals surface area contributed by atoms with Gasteiger partial charge >= 0.3 is 11.9 Å². The molecule has 0 heterocycles. The monoisotopic (exact) mass is 638 g/mol. The lowest BCUT2D eigenvalue weighted by atomic mass is 10.0. The van der Waals surface area contributed by atoms with Crippen LogP contribution in [-0.2, 0) is 19.1 Å². The summed E-state index contributed by atoms with van der Waals surface area (Å²) >= 11 is 0. The Kier molecular flexibility index (Phi) is 34.9. The van der Waals surface area contributed by atoms with Crippen LogP contribution < -0.4 is 0 Å². The van der Waals surface area contributed by atoms with Crippen LogP contribution in [-0.4, -0.2) is 43.8 Å². The SMILES string of the molecule is CCCCCCCCCCCCCCCCCC(=O)OC(CN(C)C)OC(=O)CCCCCCCCCCCCCCCCC. The predicted octanol–water partition coefficient (Wildman–Crippen LogP) is 12.5. The number of carbonyl (C=O) groups excluding carboxylic acids is 2. The van der Waals surface area contributed by atoms with Crippen LogP contribution in [0.4, 0.5) is 0 Å². The molecule has 0 N–H and O–H groups in total. The number of hydrogen-bond acceptors (Lipinski definition) is 5. The molecule has 0 aliphatic rings. The van der Waals surface area contributed by atoms with Crippen molar-refractivity contribution < 1.29 is 19.1 Å². The largest absolute Gasteiger partial charge is 0.424 e. The highest BCUT2D eigenvalue weighted by Crippen LogP contribution is 2.16. The van der Waals surface area contributed by atoms with E-state index in [1.165, 1.54) is 167 Å². The summed E-state index contributed by atoms with van der Waals surface area (Å²) < 4.78 is 11.1. The lowest BCUT2D eigenvalue weighted by Crippen LogP contribution is -2.34. The fraction of sp³-hybridized carbons (Fsp3) is 0.950. The Bertz CT molecular complexity index is 575. The molecule has 0 aliphatic carbocycles. The molecule has 0 aromatic heterocycles. The molecule has 0 amide bonds. The van der Waals surface area contributed by atoms with Crippen LogP contribution >= 0.6 is 0 Å². The first-order chi connectivity index (χ1) is 22.0. The maximum Gasteiger partial charge on any atom is 0.308 e. The van der Waals surface area contributed by atoms with Crippen LogP contribution in [0.1, 0.15) is 219 Å². The van der Waals surface area contributed by atoms with Gasteiger partial charge in [-0.15, -0.1) is 0 Å². The molecular weight excluding hydrogens is 558 g/mol. The van der Waals surface area contributed by atoms with Gasteiger partial charge in [-0.1, -0.05) is 194 Å². The Labute approximate surface area is 281 Å². The third-order valence-electron chi connectivity index (χ3n) is 9.01. The predicted molar refractivity (Wildman–Crippen MR) is 194 cm³/mol. The van der Waals surface area contributed by atoms with E-state index in [1.54, 1.807) is 0 Å². The van der Waals surface area contributed by atoms with Gasteiger partial charge in [-0.05, 0) is 26.9 Å². The number of hydrogen-bond donors (Lipinski definition) is 0. The van der Waals surface area contributed by atoms with Crippen molar-refractivity contribution in [1.82, 2.24) is 4.90 Å². The number of carbonyl (C=O) groups is 2. The molecule has 5 heteroatoms. The van der Waals surface area contributed by atoms with Gasteiger partial charge in [0.1, 0.15) is 0 Å². The highest BCUT2D eigenvalue weighted by molar-refractivity contribution is 5.71. The van der Waals surface area contributed by atoms with E-state index in [-0.39, 0.29) is 11.9 Å². The van der Waals surface area contributed by atoms with Crippen molar-refractivity contribution in [2.24, 2.45) is 0 Å². The summed E-state index contributed by atoms with van der Waals surface area (Å²) in [5, 5.41) is 0. The van der Waals surface area contributed by atoms with E-state index >= 15 is 0 Å². The van der Waals surface area contributed by atoms with Crippen molar-refractivity contribution in [2.75, 3.05) is 20.6 Å².